The molecule has 1 atom stereocenters. The first kappa shape index (κ1) is 12.3. The van der Waals surface area contributed by atoms with Crippen molar-refractivity contribution in [2.75, 3.05) is 5.32 Å². The van der Waals surface area contributed by atoms with Gasteiger partial charge in [-0.05, 0) is 30.7 Å². The van der Waals surface area contributed by atoms with Crippen molar-refractivity contribution >= 4 is 5.82 Å². The molecular weight excluding hydrogens is 252 g/mol. The minimum Gasteiger partial charge on any atom is -0.363 e. The molecule has 2 heterocycles. The molecule has 0 aliphatic rings. The zero-order chi connectivity index (χ0) is 13.8. The van der Waals surface area contributed by atoms with Crippen molar-refractivity contribution in [1.82, 2.24) is 24.7 Å². The van der Waals surface area contributed by atoms with E-state index in [1.54, 1.807) is 17.2 Å². The van der Waals surface area contributed by atoms with Gasteiger partial charge >= 0.3 is 0 Å². The normalized spacial score (nSPS) is 12.1. The lowest BCUT2D eigenvalue weighted by Gasteiger charge is -2.15. The highest BCUT2D eigenvalue weighted by atomic mass is 15.3. The van der Waals surface area contributed by atoms with Gasteiger partial charge in [0.25, 0.3) is 0 Å². The second kappa shape index (κ2) is 5.48. The third-order valence-electron chi connectivity index (χ3n) is 3.02. The Morgan fingerprint density at radius 3 is 2.55 bits per heavy atom. The summed E-state index contributed by atoms with van der Waals surface area (Å²) in [5, 5.41) is 7.43. The Morgan fingerprint density at radius 1 is 1.05 bits per heavy atom. The van der Waals surface area contributed by atoms with E-state index in [4.69, 9.17) is 0 Å². The number of hydrogen-bond acceptors (Lipinski definition) is 5. The number of nitrogens with zero attached hydrogens (tertiary/aromatic N) is 5. The van der Waals surface area contributed by atoms with Crippen LogP contribution in [0, 0.1) is 0 Å². The van der Waals surface area contributed by atoms with E-state index in [0.29, 0.717) is 0 Å². The first-order valence-corrected chi connectivity index (χ1v) is 6.30. The maximum Gasteiger partial charge on any atom is 0.138 e. The Kier molecular flexibility index (Phi) is 3.36. The zero-order valence-corrected chi connectivity index (χ0v) is 11.0. The van der Waals surface area contributed by atoms with Gasteiger partial charge in [0, 0.05) is 12.2 Å². The monoisotopic (exact) mass is 266 g/mol. The molecule has 1 aromatic carbocycles. The summed E-state index contributed by atoms with van der Waals surface area (Å²) in [5.41, 5.74) is 2.16. The molecule has 1 unspecified atom stereocenters. The van der Waals surface area contributed by atoms with E-state index < -0.39 is 0 Å². The number of benzene rings is 1. The molecule has 0 aliphatic carbocycles. The van der Waals surface area contributed by atoms with Crippen molar-refractivity contribution in [3.63, 3.8) is 0 Å². The number of rotatable bonds is 4. The number of hydrogen-bond donors (Lipinski definition) is 1. The van der Waals surface area contributed by atoms with Crippen LogP contribution in [0.5, 0.6) is 0 Å². The molecule has 0 aliphatic heterocycles. The van der Waals surface area contributed by atoms with E-state index >= 15 is 0 Å². The van der Waals surface area contributed by atoms with E-state index in [0.717, 1.165) is 11.5 Å². The average molecular weight is 266 g/mol. The molecule has 0 saturated carbocycles. The van der Waals surface area contributed by atoms with Gasteiger partial charge in [0.05, 0.1) is 5.69 Å². The van der Waals surface area contributed by atoms with Gasteiger partial charge in [-0.25, -0.2) is 19.6 Å². The summed E-state index contributed by atoms with van der Waals surface area (Å²) < 4.78 is 1.73. The average Bonchev–Trinajstić information content (AvgIpc) is 3.03. The Bertz CT molecular complexity index is 648. The van der Waals surface area contributed by atoms with E-state index in [1.165, 1.54) is 18.2 Å². The van der Waals surface area contributed by atoms with Crippen LogP contribution in [0.25, 0.3) is 5.69 Å². The highest BCUT2D eigenvalue weighted by Gasteiger charge is 2.06. The van der Waals surface area contributed by atoms with Gasteiger partial charge in [-0.15, -0.1) is 0 Å². The SMILES string of the molecule is CC(Nc1ccncn1)c1ccc(-n2cncn2)cc1. The largest absolute Gasteiger partial charge is 0.363 e. The predicted octanol–water partition coefficient (Wildman–Crippen LogP) is 2.23. The molecule has 0 fully saturated rings. The van der Waals surface area contributed by atoms with Crippen molar-refractivity contribution in [3.8, 4) is 5.69 Å². The van der Waals surface area contributed by atoms with Gasteiger partial charge < -0.3 is 5.32 Å². The van der Waals surface area contributed by atoms with Gasteiger partial charge in [-0.3, -0.25) is 0 Å². The van der Waals surface area contributed by atoms with Gasteiger partial charge in [-0.1, -0.05) is 12.1 Å². The Labute approximate surface area is 116 Å². The van der Waals surface area contributed by atoms with Gasteiger partial charge in [-0.2, -0.15) is 5.10 Å². The van der Waals surface area contributed by atoms with Crippen LogP contribution in [0.15, 0.2) is 55.5 Å². The zero-order valence-electron chi connectivity index (χ0n) is 11.0. The fraction of sp³-hybridized carbons (Fsp3) is 0.143. The van der Waals surface area contributed by atoms with Gasteiger partial charge in [0.15, 0.2) is 0 Å². The van der Waals surface area contributed by atoms with Crippen molar-refractivity contribution < 1.29 is 0 Å². The molecule has 3 rings (SSSR count). The first-order valence-electron chi connectivity index (χ1n) is 6.30. The minimum absolute atomic E-state index is 0.162. The molecule has 3 aromatic rings. The van der Waals surface area contributed by atoms with Crippen molar-refractivity contribution in [2.24, 2.45) is 0 Å². The molecule has 0 bridgehead atoms. The van der Waals surface area contributed by atoms with E-state index in [-0.39, 0.29) is 6.04 Å². The van der Waals surface area contributed by atoms with Crippen LogP contribution < -0.4 is 5.32 Å². The molecule has 0 radical (unpaired) electrons. The quantitative estimate of drug-likeness (QED) is 0.784. The predicted molar refractivity (Wildman–Crippen MR) is 75.4 cm³/mol. The Balaban J connectivity index is 1.74. The fourth-order valence-electron chi connectivity index (χ4n) is 1.94. The van der Waals surface area contributed by atoms with Crippen LogP contribution in [0.3, 0.4) is 0 Å². The summed E-state index contributed by atoms with van der Waals surface area (Å²) in [6.07, 6.45) is 6.45. The standard InChI is InChI=1S/C14H14N6/c1-11(19-14-6-7-15-8-17-14)12-2-4-13(5-3-12)20-10-16-9-18-20/h2-11H,1H3,(H,15,17,19). The lowest BCUT2D eigenvalue weighted by molar-refractivity contribution is 0.857. The maximum atomic E-state index is 4.16. The molecule has 1 N–H and O–H groups in total. The maximum absolute atomic E-state index is 4.16. The van der Waals surface area contributed by atoms with E-state index in [9.17, 15) is 0 Å². The number of nitrogens with one attached hydrogen (secondary N) is 1. The highest BCUT2D eigenvalue weighted by Crippen LogP contribution is 2.18. The third-order valence-corrected chi connectivity index (χ3v) is 3.02. The second-order valence-corrected chi connectivity index (χ2v) is 4.39. The van der Waals surface area contributed by atoms with E-state index in [2.05, 4.69) is 44.4 Å². The van der Waals surface area contributed by atoms with Gasteiger partial charge in [0.1, 0.15) is 24.8 Å². The lowest BCUT2D eigenvalue weighted by Crippen LogP contribution is -2.08. The number of anilines is 1. The topological polar surface area (TPSA) is 68.5 Å². The first-order chi connectivity index (χ1) is 9.83. The molecular formula is C14H14N6. The summed E-state index contributed by atoms with van der Waals surface area (Å²) in [4.78, 5) is 12.0. The Hall–Kier alpha value is -2.76. The molecule has 0 amide bonds. The van der Waals surface area contributed by atoms with Crippen LogP contribution in [0.4, 0.5) is 5.82 Å². The molecule has 0 saturated heterocycles. The summed E-state index contributed by atoms with van der Waals surface area (Å²) >= 11 is 0. The summed E-state index contributed by atoms with van der Waals surface area (Å²) in [6, 6.07) is 10.2. The highest BCUT2D eigenvalue weighted by molar-refractivity contribution is 5.39. The molecule has 100 valence electrons. The van der Waals surface area contributed by atoms with Crippen LogP contribution in [-0.4, -0.2) is 24.7 Å². The summed E-state index contributed by atoms with van der Waals surface area (Å²) in [7, 11) is 0. The van der Waals surface area contributed by atoms with Crippen molar-refractivity contribution in [1.29, 1.82) is 0 Å². The molecule has 2 aromatic heterocycles. The summed E-state index contributed by atoms with van der Waals surface area (Å²) in [6.45, 7) is 2.09. The second-order valence-electron chi connectivity index (χ2n) is 4.39. The molecule has 20 heavy (non-hydrogen) atoms. The van der Waals surface area contributed by atoms with Crippen molar-refractivity contribution in [2.45, 2.75) is 13.0 Å². The molecule has 6 nitrogen and oxygen atoms in total. The van der Waals surface area contributed by atoms with Crippen LogP contribution >= 0.6 is 0 Å². The fourth-order valence-corrected chi connectivity index (χ4v) is 1.94. The number of aromatic nitrogens is 5. The molecule has 6 heteroatoms. The van der Waals surface area contributed by atoms with Gasteiger partial charge in [0.2, 0.25) is 0 Å². The lowest BCUT2D eigenvalue weighted by atomic mass is 10.1. The van der Waals surface area contributed by atoms with Crippen LogP contribution in [0.1, 0.15) is 18.5 Å². The van der Waals surface area contributed by atoms with Crippen LogP contribution in [0.2, 0.25) is 0 Å². The van der Waals surface area contributed by atoms with Crippen LogP contribution in [-0.2, 0) is 0 Å². The smallest absolute Gasteiger partial charge is 0.138 e. The molecule has 0 spiro atoms. The van der Waals surface area contributed by atoms with Crippen molar-refractivity contribution in [3.05, 3.63) is 61.1 Å². The van der Waals surface area contributed by atoms with E-state index in [1.807, 2.05) is 18.2 Å². The minimum atomic E-state index is 0.162. The third kappa shape index (κ3) is 2.64. The summed E-state index contributed by atoms with van der Waals surface area (Å²) in [5.74, 6) is 0.813. The Morgan fingerprint density at radius 2 is 1.90 bits per heavy atom.